The van der Waals surface area contributed by atoms with Crippen LogP contribution in [-0.4, -0.2) is 62.1 Å². The van der Waals surface area contributed by atoms with Crippen LogP contribution in [0.5, 0.6) is 5.75 Å². The van der Waals surface area contributed by atoms with Crippen molar-refractivity contribution < 1.29 is 9.53 Å². The average Bonchev–Trinajstić information content (AvgIpc) is 2.63. The summed E-state index contributed by atoms with van der Waals surface area (Å²) in [7, 11) is 1.68. The maximum atomic E-state index is 11.9. The summed E-state index contributed by atoms with van der Waals surface area (Å²) >= 11 is 0. The van der Waals surface area contributed by atoms with E-state index in [4.69, 9.17) is 4.74 Å². The molecule has 1 heterocycles. The number of carbonyl (C=O) groups is 1. The first kappa shape index (κ1) is 18.7. The molecule has 5 heteroatoms. The van der Waals surface area contributed by atoms with E-state index in [2.05, 4.69) is 34.2 Å². The fourth-order valence-corrected chi connectivity index (χ4v) is 3.20. The van der Waals surface area contributed by atoms with Crippen LogP contribution in [0.2, 0.25) is 0 Å². The second-order valence-corrected chi connectivity index (χ2v) is 6.31. The monoisotopic (exact) mass is 333 g/mol. The Bertz CT molecular complexity index is 496. The summed E-state index contributed by atoms with van der Waals surface area (Å²) < 4.78 is 5.26. The minimum absolute atomic E-state index is 0.142. The van der Waals surface area contributed by atoms with E-state index in [1.54, 1.807) is 7.11 Å². The quantitative estimate of drug-likeness (QED) is 0.793. The first-order chi connectivity index (χ1) is 11.7. The zero-order valence-electron chi connectivity index (χ0n) is 15.3. The second kappa shape index (κ2) is 9.64. The number of benzene rings is 1. The highest BCUT2D eigenvalue weighted by molar-refractivity contribution is 5.75. The Morgan fingerprint density at radius 1 is 1.17 bits per heavy atom. The average molecular weight is 333 g/mol. The second-order valence-electron chi connectivity index (χ2n) is 6.31. The Morgan fingerprint density at radius 3 is 2.38 bits per heavy atom. The molecular weight excluding hydrogens is 302 g/mol. The van der Waals surface area contributed by atoms with E-state index in [0.717, 1.165) is 44.9 Å². The number of amides is 1. The van der Waals surface area contributed by atoms with Crippen molar-refractivity contribution in [1.82, 2.24) is 15.1 Å². The summed E-state index contributed by atoms with van der Waals surface area (Å²) in [6.45, 7) is 10.3. The maximum Gasteiger partial charge on any atom is 0.220 e. The Labute approximate surface area is 146 Å². The topological polar surface area (TPSA) is 44.8 Å². The molecule has 0 aromatic heterocycles. The molecule has 1 saturated heterocycles. The van der Waals surface area contributed by atoms with Gasteiger partial charge in [-0.2, -0.15) is 0 Å². The third-order valence-electron chi connectivity index (χ3n) is 4.77. The fourth-order valence-electron chi connectivity index (χ4n) is 3.20. The zero-order chi connectivity index (χ0) is 17.4. The summed E-state index contributed by atoms with van der Waals surface area (Å²) in [5, 5.41) is 3.11. The van der Waals surface area contributed by atoms with Crippen LogP contribution in [0.4, 0.5) is 0 Å². The molecule has 1 aliphatic heterocycles. The Morgan fingerprint density at radius 2 is 1.83 bits per heavy atom. The molecule has 0 radical (unpaired) electrons. The smallest absolute Gasteiger partial charge is 0.220 e. The van der Waals surface area contributed by atoms with Gasteiger partial charge in [-0.15, -0.1) is 0 Å². The highest BCUT2D eigenvalue weighted by Gasteiger charge is 2.25. The third-order valence-corrected chi connectivity index (χ3v) is 4.77. The van der Waals surface area contributed by atoms with Crippen LogP contribution in [0.15, 0.2) is 24.3 Å². The highest BCUT2D eigenvalue weighted by Crippen LogP contribution is 2.24. The number of hydrogen-bond donors (Lipinski definition) is 1. The predicted octanol–water partition coefficient (Wildman–Crippen LogP) is 2.29. The molecule has 0 spiro atoms. The Hall–Kier alpha value is -1.59. The molecule has 5 nitrogen and oxygen atoms in total. The number of methoxy groups -OCH3 is 1. The molecule has 1 amide bonds. The first-order valence-corrected chi connectivity index (χ1v) is 9.05. The van der Waals surface area contributed by atoms with Gasteiger partial charge in [0.05, 0.1) is 13.2 Å². The van der Waals surface area contributed by atoms with Crippen molar-refractivity contribution in [2.45, 2.75) is 32.7 Å². The molecule has 0 bridgehead atoms. The van der Waals surface area contributed by atoms with Crippen molar-refractivity contribution in [3.05, 3.63) is 29.8 Å². The molecule has 1 aromatic rings. The normalized spacial score (nSPS) is 17.5. The van der Waals surface area contributed by atoms with E-state index in [-0.39, 0.29) is 11.9 Å². The van der Waals surface area contributed by atoms with Gasteiger partial charge in [0.2, 0.25) is 5.91 Å². The molecule has 1 unspecified atom stereocenters. The number of nitrogens with one attached hydrogen (secondary N) is 1. The van der Waals surface area contributed by atoms with Gasteiger partial charge in [0.1, 0.15) is 5.75 Å². The largest absolute Gasteiger partial charge is 0.497 e. The zero-order valence-corrected chi connectivity index (χ0v) is 15.3. The van der Waals surface area contributed by atoms with Gasteiger partial charge >= 0.3 is 0 Å². The van der Waals surface area contributed by atoms with Gasteiger partial charge in [0, 0.05) is 39.1 Å². The lowest BCUT2D eigenvalue weighted by Gasteiger charge is -2.39. The van der Waals surface area contributed by atoms with Gasteiger partial charge in [0.25, 0.3) is 0 Å². The van der Waals surface area contributed by atoms with E-state index >= 15 is 0 Å². The lowest BCUT2D eigenvalue weighted by Crippen LogP contribution is -2.49. The number of ether oxygens (including phenoxy) is 1. The van der Waals surface area contributed by atoms with Crippen molar-refractivity contribution in [2.75, 3.05) is 46.4 Å². The van der Waals surface area contributed by atoms with Crippen LogP contribution >= 0.6 is 0 Å². The molecule has 2 rings (SSSR count). The summed E-state index contributed by atoms with van der Waals surface area (Å²) in [6, 6.07) is 8.44. The third kappa shape index (κ3) is 5.21. The van der Waals surface area contributed by atoms with Crippen LogP contribution in [0, 0.1) is 0 Å². The standard InChI is InChI=1S/C19H31N3O2/c1-4-6-19(23)20-15-18(16-7-9-17(24-3)10-8-16)22-13-11-21(5-2)12-14-22/h7-10,18H,4-6,11-15H2,1-3H3,(H,20,23). The molecule has 1 aromatic carbocycles. The number of nitrogens with zero attached hydrogens (tertiary/aromatic N) is 2. The highest BCUT2D eigenvalue weighted by atomic mass is 16.5. The van der Waals surface area contributed by atoms with Gasteiger partial charge in [-0.25, -0.2) is 0 Å². The summed E-state index contributed by atoms with van der Waals surface area (Å²) in [5.41, 5.74) is 1.23. The van der Waals surface area contributed by atoms with Crippen LogP contribution in [-0.2, 0) is 4.79 Å². The lowest BCUT2D eigenvalue weighted by molar-refractivity contribution is -0.121. The molecule has 0 aliphatic carbocycles. The molecule has 1 aliphatic rings. The first-order valence-electron chi connectivity index (χ1n) is 9.05. The summed E-state index contributed by atoms with van der Waals surface area (Å²) in [4.78, 5) is 16.9. The molecular formula is C19H31N3O2. The number of rotatable bonds is 8. The van der Waals surface area contributed by atoms with Gasteiger partial charge in [-0.05, 0) is 30.7 Å². The Kier molecular flexibility index (Phi) is 7.53. The SMILES string of the molecule is CCCC(=O)NCC(c1ccc(OC)cc1)N1CCN(CC)CC1. The number of likely N-dealkylation sites (N-methyl/N-ethyl adjacent to an activating group) is 1. The van der Waals surface area contributed by atoms with E-state index in [1.807, 2.05) is 19.1 Å². The van der Waals surface area contributed by atoms with E-state index in [1.165, 1.54) is 5.56 Å². The van der Waals surface area contributed by atoms with Gasteiger partial charge in [0.15, 0.2) is 0 Å². The van der Waals surface area contributed by atoms with Crippen molar-refractivity contribution in [2.24, 2.45) is 0 Å². The van der Waals surface area contributed by atoms with Crippen LogP contribution in [0.1, 0.15) is 38.3 Å². The molecule has 1 N–H and O–H groups in total. The molecule has 0 saturated carbocycles. The lowest BCUT2D eigenvalue weighted by atomic mass is 10.0. The fraction of sp³-hybridized carbons (Fsp3) is 0.632. The van der Waals surface area contributed by atoms with Crippen LogP contribution in [0.3, 0.4) is 0 Å². The summed E-state index contributed by atoms with van der Waals surface area (Å²) in [6.07, 6.45) is 1.48. The molecule has 1 fully saturated rings. The van der Waals surface area contributed by atoms with Crippen molar-refractivity contribution in [3.63, 3.8) is 0 Å². The number of hydrogen-bond acceptors (Lipinski definition) is 4. The Balaban J connectivity index is 2.06. The van der Waals surface area contributed by atoms with Crippen molar-refractivity contribution in [3.8, 4) is 5.75 Å². The number of piperazine rings is 1. The molecule has 24 heavy (non-hydrogen) atoms. The van der Waals surface area contributed by atoms with E-state index in [9.17, 15) is 4.79 Å². The maximum absolute atomic E-state index is 11.9. The molecule has 134 valence electrons. The van der Waals surface area contributed by atoms with E-state index < -0.39 is 0 Å². The van der Waals surface area contributed by atoms with Crippen LogP contribution < -0.4 is 10.1 Å². The summed E-state index contributed by atoms with van der Waals surface area (Å²) in [5.74, 6) is 1.01. The van der Waals surface area contributed by atoms with Crippen molar-refractivity contribution >= 4 is 5.91 Å². The van der Waals surface area contributed by atoms with E-state index in [0.29, 0.717) is 13.0 Å². The minimum Gasteiger partial charge on any atom is -0.497 e. The molecule has 1 atom stereocenters. The van der Waals surface area contributed by atoms with Crippen LogP contribution in [0.25, 0.3) is 0 Å². The number of carbonyl (C=O) groups excluding carboxylic acids is 1. The minimum atomic E-state index is 0.142. The van der Waals surface area contributed by atoms with Gasteiger partial charge in [-0.1, -0.05) is 26.0 Å². The van der Waals surface area contributed by atoms with Gasteiger partial charge < -0.3 is 15.0 Å². The predicted molar refractivity (Wildman–Crippen MR) is 97.3 cm³/mol. The van der Waals surface area contributed by atoms with Gasteiger partial charge in [-0.3, -0.25) is 9.69 Å². The van der Waals surface area contributed by atoms with Crippen molar-refractivity contribution in [1.29, 1.82) is 0 Å².